The van der Waals surface area contributed by atoms with E-state index in [2.05, 4.69) is 0 Å². The van der Waals surface area contributed by atoms with Crippen LogP contribution < -0.4 is 9.47 Å². The van der Waals surface area contributed by atoms with Gasteiger partial charge in [-0.2, -0.15) is 0 Å². The number of methoxy groups -OCH3 is 2. The molecule has 0 spiro atoms. The van der Waals surface area contributed by atoms with E-state index in [0.717, 1.165) is 0 Å². The van der Waals surface area contributed by atoms with Gasteiger partial charge in [-0.05, 0) is 26.0 Å². The van der Waals surface area contributed by atoms with Crippen molar-refractivity contribution in [3.63, 3.8) is 0 Å². The van der Waals surface area contributed by atoms with Crippen LogP contribution in [0.15, 0.2) is 18.2 Å². The fraction of sp³-hybridized carbons (Fsp3) is 0.417. The first kappa shape index (κ1) is 12.5. The van der Waals surface area contributed by atoms with E-state index in [1.807, 2.05) is 0 Å². The lowest BCUT2D eigenvalue weighted by molar-refractivity contribution is 0.0487. The van der Waals surface area contributed by atoms with E-state index in [-0.39, 0.29) is 5.78 Å². The van der Waals surface area contributed by atoms with Crippen molar-refractivity contribution in [2.45, 2.75) is 19.4 Å². The van der Waals surface area contributed by atoms with Crippen LogP contribution in [0, 0.1) is 0 Å². The molecule has 0 saturated heterocycles. The van der Waals surface area contributed by atoms with Gasteiger partial charge < -0.3 is 14.6 Å². The van der Waals surface area contributed by atoms with E-state index in [9.17, 15) is 9.90 Å². The number of benzene rings is 1. The van der Waals surface area contributed by atoms with E-state index < -0.39 is 5.60 Å². The van der Waals surface area contributed by atoms with Crippen LogP contribution >= 0.6 is 0 Å². The Kier molecular flexibility index (Phi) is 3.55. The van der Waals surface area contributed by atoms with Crippen molar-refractivity contribution in [3.8, 4) is 11.5 Å². The topological polar surface area (TPSA) is 55.8 Å². The summed E-state index contributed by atoms with van der Waals surface area (Å²) in [6.45, 7) is 2.89. The van der Waals surface area contributed by atoms with Gasteiger partial charge in [0.25, 0.3) is 0 Å². The van der Waals surface area contributed by atoms with Crippen LogP contribution in [0.1, 0.15) is 24.2 Å². The summed E-state index contributed by atoms with van der Waals surface area (Å²) in [5.41, 5.74) is -1.04. The molecule has 0 radical (unpaired) electrons. The fourth-order valence-electron chi connectivity index (χ4n) is 1.29. The molecule has 0 atom stereocenters. The Morgan fingerprint density at radius 3 is 1.88 bits per heavy atom. The second-order valence-corrected chi connectivity index (χ2v) is 3.99. The van der Waals surface area contributed by atoms with Gasteiger partial charge in [0, 0.05) is 11.6 Å². The third kappa shape index (κ3) is 2.73. The number of ketones is 1. The SMILES string of the molecule is COc1cc(OC)cc(C(=O)C(C)(C)O)c1. The zero-order valence-corrected chi connectivity index (χ0v) is 9.90. The molecule has 0 aliphatic carbocycles. The monoisotopic (exact) mass is 224 g/mol. The van der Waals surface area contributed by atoms with Crippen LogP contribution in [0.5, 0.6) is 11.5 Å². The molecule has 4 heteroatoms. The first-order valence-electron chi connectivity index (χ1n) is 4.88. The smallest absolute Gasteiger partial charge is 0.194 e. The van der Waals surface area contributed by atoms with E-state index in [4.69, 9.17) is 9.47 Å². The highest BCUT2D eigenvalue weighted by Crippen LogP contribution is 2.25. The van der Waals surface area contributed by atoms with Crippen molar-refractivity contribution in [1.82, 2.24) is 0 Å². The zero-order valence-electron chi connectivity index (χ0n) is 9.90. The lowest BCUT2D eigenvalue weighted by Crippen LogP contribution is -2.31. The third-order valence-electron chi connectivity index (χ3n) is 2.17. The van der Waals surface area contributed by atoms with Gasteiger partial charge in [-0.15, -0.1) is 0 Å². The molecule has 0 saturated carbocycles. The molecule has 0 aromatic heterocycles. The molecule has 16 heavy (non-hydrogen) atoms. The summed E-state index contributed by atoms with van der Waals surface area (Å²) in [7, 11) is 3.01. The van der Waals surface area contributed by atoms with Crippen LogP contribution in [0.3, 0.4) is 0 Å². The number of ether oxygens (including phenoxy) is 2. The Morgan fingerprint density at radius 1 is 1.12 bits per heavy atom. The minimum absolute atomic E-state index is 0.365. The highest BCUT2D eigenvalue weighted by Gasteiger charge is 2.26. The Morgan fingerprint density at radius 2 is 1.56 bits per heavy atom. The molecule has 0 bridgehead atoms. The maximum atomic E-state index is 11.8. The van der Waals surface area contributed by atoms with Crippen molar-refractivity contribution in [3.05, 3.63) is 23.8 Å². The van der Waals surface area contributed by atoms with Gasteiger partial charge in [0.2, 0.25) is 0 Å². The summed E-state index contributed by atoms with van der Waals surface area (Å²) in [5, 5.41) is 9.64. The summed E-state index contributed by atoms with van der Waals surface area (Å²) in [6.07, 6.45) is 0. The van der Waals surface area contributed by atoms with E-state index in [0.29, 0.717) is 17.1 Å². The van der Waals surface area contributed by atoms with Gasteiger partial charge >= 0.3 is 0 Å². The lowest BCUT2D eigenvalue weighted by atomic mass is 9.96. The quantitative estimate of drug-likeness (QED) is 0.790. The molecule has 1 rings (SSSR count). The van der Waals surface area contributed by atoms with Gasteiger partial charge in [-0.25, -0.2) is 0 Å². The fourth-order valence-corrected chi connectivity index (χ4v) is 1.29. The van der Waals surface area contributed by atoms with Gasteiger partial charge in [0.1, 0.15) is 17.1 Å². The van der Waals surface area contributed by atoms with E-state index in [1.54, 1.807) is 18.2 Å². The average Bonchev–Trinajstić information content (AvgIpc) is 2.26. The highest BCUT2D eigenvalue weighted by atomic mass is 16.5. The maximum Gasteiger partial charge on any atom is 0.194 e. The van der Waals surface area contributed by atoms with E-state index >= 15 is 0 Å². The number of carbonyl (C=O) groups excluding carboxylic acids is 1. The summed E-state index contributed by atoms with van der Waals surface area (Å²) in [5.74, 6) is 0.670. The molecule has 88 valence electrons. The largest absolute Gasteiger partial charge is 0.497 e. The second kappa shape index (κ2) is 4.53. The maximum absolute atomic E-state index is 11.8. The number of Topliss-reactive ketones (excluding diaryl/α,β-unsaturated/α-hetero) is 1. The highest BCUT2D eigenvalue weighted by molar-refractivity contribution is 6.02. The summed E-state index contributed by atoms with van der Waals surface area (Å²) >= 11 is 0. The number of hydrogen-bond donors (Lipinski definition) is 1. The second-order valence-electron chi connectivity index (χ2n) is 3.99. The van der Waals surface area contributed by atoms with Crippen molar-refractivity contribution in [2.24, 2.45) is 0 Å². The molecule has 1 N–H and O–H groups in total. The molecule has 0 amide bonds. The van der Waals surface area contributed by atoms with Gasteiger partial charge in [-0.3, -0.25) is 4.79 Å². The molecule has 0 unspecified atom stereocenters. The van der Waals surface area contributed by atoms with Crippen molar-refractivity contribution in [2.75, 3.05) is 14.2 Å². The molecule has 1 aromatic rings. The van der Waals surface area contributed by atoms with Crippen LogP contribution in [-0.4, -0.2) is 30.7 Å². The normalized spacial score (nSPS) is 11.1. The van der Waals surface area contributed by atoms with Crippen molar-refractivity contribution >= 4 is 5.78 Å². The van der Waals surface area contributed by atoms with Gasteiger partial charge in [-0.1, -0.05) is 0 Å². The van der Waals surface area contributed by atoms with Gasteiger partial charge in [0.05, 0.1) is 14.2 Å². The summed E-state index contributed by atoms with van der Waals surface area (Å²) < 4.78 is 10.1. The lowest BCUT2D eigenvalue weighted by Gasteiger charge is -2.16. The summed E-state index contributed by atoms with van der Waals surface area (Å²) in [4.78, 5) is 11.8. The number of carbonyl (C=O) groups is 1. The molecule has 0 aliphatic heterocycles. The van der Waals surface area contributed by atoms with E-state index in [1.165, 1.54) is 28.1 Å². The van der Waals surface area contributed by atoms with Crippen LogP contribution in [0.25, 0.3) is 0 Å². The van der Waals surface area contributed by atoms with Crippen molar-refractivity contribution < 1.29 is 19.4 Å². The molecular weight excluding hydrogens is 208 g/mol. The predicted molar refractivity (Wildman–Crippen MR) is 60.2 cm³/mol. The first-order chi connectivity index (χ1) is 7.38. The Bertz CT molecular complexity index is 368. The number of aliphatic hydroxyl groups is 1. The summed E-state index contributed by atoms with van der Waals surface area (Å²) in [6, 6.07) is 4.81. The Labute approximate surface area is 94.8 Å². The third-order valence-corrected chi connectivity index (χ3v) is 2.17. The Hall–Kier alpha value is -1.55. The van der Waals surface area contributed by atoms with Crippen LogP contribution in [0.2, 0.25) is 0 Å². The molecule has 0 fully saturated rings. The number of hydrogen-bond acceptors (Lipinski definition) is 4. The molecular formula is C12H16O4. The van der Waals surface area contributed by atoms with Crippen molar-refractivity contribution in [1.29, 1.82) is 0 Å². The molecule has 4 nitrogen and oxygen atoms in total. The molecule has 0 heterocycles. The standard InChI is InChI=1S/C12H16O4/c1-12(2,14)11(13)8-5-9(15-3)7-10(6-8)16-4/h5-7,14H,1-4H3. The minimum Gasteiger partial charge on any atom is -0.497 e. The van der Waals surface area contributed by atoms with Crippen LogP contribution in [-0.2, 0) is 0 Å². The molecule has 0 aliphatic rings. The first-order valence-corrected chi connectivity index (χ1v) is 4.88. The van der Waals surface area contributed by atoms with Gasteiger partial charge in [0.15, 0.2) is 5.78 Å². The van der Waals surface area contributed by atoms with Crippen LogP contribution in [0.4, 0.5) is 0 Å². The minimum atomic E-state index is -1.41. The number of rotatable bonds is 4. The average molecular weight is 224 g/mol. The molecule has 1 aromatic carbocycles. The predicted octanol–water partition coefficient (Wildman–Crippen LogP) is 1.66. The Balaban J connectivity index is 3.18. The zero-order chi connectivity index (χ0) is 12.3.